The van der Waals surface area contributed by atoms with E-state index in [-0.39, 0.29) is 5.97 Å². The van der Waals surface area contributed by atoms with E-state index >= 15 is 0 Å². The second kappa shape index (κ2) is 8.86. The van der Waals surface area contributed by atoms with Gasteiger partial charge in [-0.05, 0) is 74.7 Å². The van der Waals surface area contributed by atoms with Crippen LogP contribution in [-0.2, 0) is 14.3 Å². The molecule has 0 aliphatic heterocycles. The van der Waals surface area contributed by atoms with E-state index in [9.17, 15) is 9.59 Å². The largest absolute Gasteiger partial charge is 0.497 e. The molecule has 176 valence electrons. The Morgan fingerprint density at radius 3 is 2.12 bits per heavy atom. The van der Waals surface area contributed by atoms with Gasteiger partial charge in [0.05, 0.1) is 31.2 Å². The standard InChI is InChI=1S/C28H29NO5/c1-17(26(30)33-6)19-9-13-22-23-15-20(18-7-11-21(32-5)12-8-18)10-14-24(23)29(25(22)16-19)27(31)34-28(2,3)4/h7-17H,1-6H3. The summed E-state index contributed by atoms with van der Waals surface area (Å²) in [5.41, 5.74) is 3.60. The lowest BCUT2D eigenvalue weighted by molar-refractivity contribution is -0.141. The number of esters is 1. The van der Waals surface area contributed by atoms with Crippen LogP contribution in [0.15, 0.2) is 60.7 Å². The maximum absolute atomic E-state index is 13.3. The van der Waals surface area contributed by atoms with Gasteiger partial charge in [-0.15, -0.1) is 0 Å². The minimum absolute atomic E-state index is 0.332. The van der Waals surface area contributed by atoms with Crippen LogP contribution in [0.3, 0.4) is 0 Å². The van der Waals surface area contributed by atoms with Gasteiger partial charge < -0.3 is 14.2 Å². The number of fused-ring (bicyclic) bond motifs is 3. The number of aromatic nitrogens is 1. The van der Waals surface area contributed by atoms with Crippen molar-refractivity contribution in [1.29, 1.82) is 0 Å². The topological polar surface area (TPSA) is 66.8 Å². The number of ether oxygens (including phenoxy) is 3. The van der Waals surface area contributed by atoms with Gasteiger partial charge in [0.25, 0.3) is 0 Å². The van der Waals surface area contributed by atoms with Crippen molar-refractivity contribution in [2.75, 3.05) is 14.2 Å². The van der Waals surface area contributed by atoms with Gasteiger partial charge in [0.15, 0.2) is 0 Å². The number of rotatable bonds is 4. The zero-order valence-electron chi connectivity index (χ0n) is 20.3. The maximum Gasteiger partial charge on any atom is 0.419 e. The molecule has 0 N–H and O–H groups in total. The molecule has 0 spiro atoms. The lowest BCUT2D eigenvalue weighted by Crippen LogP contribution is -2.27. The predicted octanol–water partition coefficient (Wildman–Crippen LogP) is 6.53. The second-order valence-corrected chi connectivity index (χ2v) is 9.30. The van der Waals surface area contributed by atoms with Crippen LogP contribution in [0.1, 0.15) is 39.2 Å². The molecule has 1 aromatic heterocycles. The van der Waals surface area contributed by atoms with Crippen molar-refractivity contribution in [3.05, 3.63) is 66.2 Å². The van der Waals surface area contributed by atoms with Gasteiger partial charge in [-0.3, -0.25) is 4.79 Å². The van der Waals surface area contributed by atoms with Gasteiger partial charge >= 0.3 is 12.1 Å². The van der Waals surface area contributed by atoms with E-state index in [1.54, 1.807) is 18.6 Å². The maximum atomic E-state index is 13.3. The van der Waals surface area contributed by atoms with Crippen molar-refractivity contribution in [2.45, 2.75) is 39.2 Å². The first-order chi connectivity index (χ1) is 16.1. The molecule has 0 aliphatic carbocycles. The molecule has 1 heterocycles. The Morgan fingerprint density at radius 2 is 1.50 bits per heavy atom. The molecular weight excluding hydrogens is 430 g/mol. The molecule has 6 heteroatoms. The second-order valence-electron chi connectivity index (χ2n) is 9.30. The molecule has 0 saturated heterocycles. The Bertz CT molecular complexity index is 1380. The van der Waals surface area contributed by atoms with Crippen molar-refractivity contribution in [3.8, 4) is 16.9 Å². The molecule has 34 heavy (non-hydrogen) atoms. The highest BCUT2D eigenvalue weighted by atomic mass is 16.6. The summed E-state index contributed by atoms with van der Waals surface area (Å²) in [7, 11) is 3.01. The molecule has 0 radical (unpaired) electrons. The Labute approximate surface area is 199 Å². The van der Waals surface area contributed by atoms with Crippen molar-refractivity contribution < 1.29 is 23.8 Å². The Hall–Kier alpha value is -3.80. The third-order valence-electron chi connectivity index (χ3n) is 5.84. The van der Waals surface area contributed by atoms with E-state index in [0.717, 1.165) is 38.7 Å². The van der Waals surface area contributed by atoms with Crippen LogP contribution < -0.4 is 4.74 Å². The molecule has 0 fully saturated rings. The summed E-state index contributed by atoms with van der Waals surface area (Å²) in [5.74, 6) is -0.00552. The van der Waals surface area contributed by atoms with E-state index in [0.29, 0.717) is 5.52 Å². The van der Waals surface area contributed by atoms with Crippen molar-refractivity contribution in [2.24, 2.45) is 0 Å². The lowest BCUT2D eigenvalue weighted by atomic mass is 9.99. The first kappa shape index (κ1) is 23.4. The first-order valence-corrected chi connectivity index (χ1v) is 11.2. The highest BCUT2D eigenvalue weighted by Gasteiger charge is 2.24. The van der Waals surface area contributed by atoms with E-state index in [1.165, 1.54) is 7.11 Å². The van der Waals surface area contributed by atoms with E-state index in [4.69, 9.17) is 14.2 Å². The zero-order valence-corrected chi connectivity index (χ0v) is 20.3. The van der Waals surface area contributed by atoms with Gasteiger partial charge in [0, 0.05) is 10.8 Å². The third kappa shape index (κ3) is 4.36. The summed E-state index contributed by atoms with van der Waals surface area (Å²) in [6.07, 6.45) is -0.465. The average Bonchev–Trinajstić information content (AvgIpc) is 3.15. The fourth-order valence-corrected chi connectivity index (χ4v) is 4.09. The third-order valence-corrected chi connectivity index (χ3v) is 5.84. The van der Waals surface area contributed by atoms with Crippen LogP contribution in [0.25, 0.3) is 32.9 Å². The monoisotopic (exact) mass is 459 g/mol. The molecule has 0 aliphatic rings. The molecule has 6 nitrogen and oxygen atoms in total. The van der Waals surface area contributed by atoms with Gasteiger partial charge in [0.1, 0.15) is 11.4 Å². The van der Waals surface area contributed by atoms with E-state index in [2.05, 4.69) is 6.07 Å². The molecule has 1 unspecified atom stereocenters. The average molecular weight is 460 g/mol. The van der Waals surface area contributed by atoms with Crippen LogP contribution >= 0.6 is 0 Å². The van der Waals surface area contributed by atoms with Crippen LogP contribution in [0, 0.1) is 0 Å². The lowest BCUT2D eigenvalue weighted by Gasteiger charge is -2.20. The van der Waals surface area contributed by atoms with Crippen LogP contribution in [0.5, 0.6) is 5.75 Å². The van der Waals surface area contributed by atoms with Gasteiger partial charge in [-0.2, -0.15) is 0 Å². The molecule has 0 saturated carbocycles. The molecule has 4 rings (SSSR count). The number of nitrogens with zero attached hydrogens (tertiary/aromatic N) is 1. The molecule has 0 amide bonds. The first-order valence-electron chi connectivity index (χ1n) is 11.2. The Kier molecular flexibility index (Phi) is 6.09. The van der Waals surface area contributed by atoms with Gasteiger partial charge in [-0.25, -0.2) is 9.36 Å². The van der Waals surface area contributed by atoms with Crippen LogP contribution in [0.4, 0.5) is 4.79 Å². The predicted molar refractivity (Wildman–Crippen MR) is 133 cm³/mol. The molecule has 3 aromatic carbocycles. The zero-order chi connectivity index (χ0) is 24.6. The van der Waals surface area contributed by atoms with Gasteiger partial charge in [-0.1, -0.05) is 30.3 Å². The molecule has 1 atom stereocenters. The minimum Gasteiger partial charge on any atom is -0.497 e. The smallest absolute Gasteiger partial charge is 0.419 e. The quantitative estimate of drug-likeness (QED) is 0.325. The SMILES string of the molecule is COC(=O)C(C)c1ccc2c3cc(-c4ccc(OC)cc4)ccc3n(C(=O)OC(C)(C)C)c2c1. The van der Waals surface area contributed by atoms with E-state index in [1.807, 2.05) is 75.4 Å². The summed E-state index contributed by atoms with van der Waals surface area (Å²) in [5, 5.41) is 1.82. The summed E-state index contributed by atoms with van der Waals surface area (Å²) < 4.78 is 17.5. The highest BCUT2D eigenvalue weighted by Crippen LogP contribution is 2.35. The summed E-state index contributed by atoms with van der Waals surface area (Å²) >= 11 is 0. The highest BCUT2D eigenvalue weighted by molar-refractivity contribution is 6.13. The van der Waals surface area contributed by atoms with Crippen molar-refractivity contribution in [3.63, 3.8) is 0 Å². The molecular formula is C28H29NO5. The normalized spacial score (nSPS) is 12.5. The summed E-state index contributed by atoms with van der Waals surface area (Å²) in [6, 6.07) is 19.6. The van der Waals surface area contributed by atoms with E-state index < -0.39 is 17.6 Å². The fourth-order valence-electron chi connectivity index (χ4n) is 4.09. The van der Waals surface area contributed by atoms with Crippen LogP contribution in [0.2, 0.25) is 0 Å². The number of carbonyl (C=O) groups is 2. The van der Waals surface area contributed by atoms with Crippen LogP contribution in [-0.4, -0.2) is 36.5 Å². The molecule has 4 aromatic rings. The molecule has 0 bridgehead atoms. The Balaban J connectivity index is 1.93. The Morgan fingerprint density at radius 1 is 0.824 bits per heavy atom. The number of hydrogen-bond donors (Lipinski definition) is 0. The summed E-state index contributed by atoms with van der Waals surface area (Å²) in [6.45, 7) is 7.30. The van der Waals surface area contributed by atoms with Crippen molar-refractivity contribution in [1.82, 2.24) is 4.57 Å². The number of carbonyl (C=O) groups excluding carboxylic acids is 2. The number of hydrogen-bond acceptors (Lipinski definition) is 5. The van der Waals surface area contributed by atoms with Crippen molar-refractivity contribution >= 4 is 33.9 Å². The summed E-state index contributed by atoms with van der Waals surface area (Å²) in [4.78, 5) is 25.4. The van der Waals surface area contributed by atoms with Gasteiger partial charge in [0.2, 0.25) is 0 Å². The minimum atomic E-state index is -0.653. The number of methoxy groups -OCH3 is 2. The fraction of sp³-hybridized carbons (Fsp3) is 0.286. The number of benzene rings is 3.